The Labute approximate surface area is 302 Å². The smallest absolute Gasteiger partial charge is 0.338 e. The molecule has 9 atom stereocenters. The monoisotopic (exact) mass is 839 g/mol. The maximum absolute atomic E-state index is 15.0. The van der Waals surface area contributed by atoms with Crippen molar-refractivity contribution in [3.05, 3.63) is 47.0 Å². The summed E-state index contributed by atoms with van der Waals surface area (Å²) >= 11 is 0. The van der Waals surface area contributed by atoms with Crippen LogP contribution in [0.2, 0.25) is 0 Å². The summed E-state index contributed by atoms with van der Waals surface area (Å²) in [5, 5.41) is 36.0. The standard InChI is InChI=1S/C35H48O9.Ac/c1-18(2)25(36)30(39)43-22-15-35(41)28(44-29(38)21-13-11-10-12-14-21)26-33(9,31(5,6)16-23-34(26,40)17-42-23)27(37)20(4)24(19(22)3)32(35,7)8;/h10-14,18,20,22-23,25-26,28,36,40-41H,15-17H2,1-9H3;/t20-,22?,23?,25?,26?,28?,33-,34?,35?;/m1./s1. The van der Waals surface area contributed by atoms with Crippen molar-refractivity contribution in [3.63, 3.8) is 0 Å². The van der Waals surface area contributed by atoms with E-state index in [4.69, 9.17) is 14.2 Å². The minimum absolute atomic E-state index is 0. The average molecular weight is 840 g/mol. The van der Waals surface area contributed by atoms with E-state index in [2.05, 4.69) is 0 Å². The molecule has 1 heterocycles. The Bertz CT molecular complexity index is 1390. The fourth-order valence-corrected chi connectivity index (χ4v) is 8.88. The number of carbonyl (C=O) groups is 3. The van der Waals surface area contributed by atoms with E-state index in [0.29, 0.717) is 17.6 Å². The first-order valence-electron chi connectivity index (χ1n) is 15.7. The summed E-state index contributed by atoms with van der Waals surface area (Å²) in [5.74, 6) is -3.88. The normalized spacial score (nSPS) is 38.8. The van der Waals surface area contributed by atoms with Crippen LogP contribution in [0.3, 0.4) is 0 Å². The van der Waals surface area contributed by atoms with Crippen LogP contribution in [0.15, 0.2) is 41.5 Å². The van der Waals surface area contributed by atoms with Gasteiger partial charge in [0, 0.05) is 73.1 Å². The summed E-state index contributed by atoms with van der Waals surface area (Å²) in [4.78, 5) is 41.9. The number of rotatable bonds is 5. The fourth-order valence-electron chi connectivity index (χ4n) is 8.88. The van der Waals surface area contributed by atoms with E-state index in [1.54, 1.807) is 58.0 Å². The molecule has 3 N–H and O–H groups in total. The molecule has 1 radical (unpaired) electrons. The molecule has 1 aliphatic heterocycles. The summed E-state index contributed by atoms with van der Waals surface area (Å²) in [6.45, 7) is 16.3. The summed E-state index contributed by atoms with van der Waals surface area (Å²) in [5.41, 5.74) is -5.13. The molecule has 0 amide bonds. The number of hydrogen-bond acceptors (Lipinski definition) is 9. The molecule has 9 nitrogen and oxygen atoms in total. The van der Waals surface area contributed by atoms with Crippen molar-refractivity contribution >= 4 is 17.7 Å². The van der Waals surface area contributed by atoms with E-state index in [1.807, 2.05) is 34.6 Å². The predicted octanol–water partition coefficient (Wildman–Crippen LogP) is 4.02. The van der Waals surface area contributed by atoms with Gasteiger partial charge in [-0.3, -0.25) is 4.79 Å². The van der Waals surface area contributed by atoms with Crippen LogP contribution in [-0.2, 0) is 23.8 Å². The molecule has 2 saturated carbocycles. The van der Waals surface area contributed by atoms with Crippen LogP contribution in [-0.4, -0.2) is 75.3 Å². The van der Waals surface area contributed by atoms with Crippen LogP contribution < -0.4 is 0 Å². The van der Waals surface area contributed by atoms with Crippen molar-refractivity contribution in [2.75, 3.05) is 6.61 Å². The molecule has 0 spiro atoms. The zero-order valence-corrected chi connectivity index (χ0v) is 32.7. The molecule has 2 bridgehead atoms. The Kier molecular flexibility index (Phi) is 9.84. The largest absolute Gasteiger partial charge is 0.456 e. The van der Waals surface area contributed by atoms with Gasteiger partial charge in [-0.05, 0) is 48.0 Å². The molecular weight excluding hydrogens is 791 g/mol. The van der Waals surface area contributed by atoms with Crippen LogP contribution in [0.1, 0.15) is 85.5 Å². The maximum atomic E-state index is 15.0. The molecule has 245 valence electrons. The van der Waals surface area contributed by atoms with E-state index in [-0.39, 0.29) is 68.4 Å². The summed E-state index contributed by atoms with van der Waals surface area (Å²) in [6, 6.07) is 8.40. The number of hydrogen-bond donors (Lipinski definition) is 3. The SMILES string of the molecule is CC1=C2[C@@H](C)C(=O)[C@@]3(C)C(C(OC(=O)c4ccccc4)C(O)(CC1OC(=O)C(O)C(C)C)C2(C)C)C1(O)COC1CC3(C)C.[Ac]. The zero-order chi connectivity index (χ0) is 32.8. The molecule has 7 unspecified atom stereocenters. The first-order valence-corrected chi connectivity index (χ1v) is 15.7. The number of aliphatic hydroxyl groups excluding tert-OH is 1. The first kappa shape index (κ1) is 36.7. The molecule has 0 aromatic heterocycles. The zero-order valence-electron chi connectivity index (χ0n) is 27.9. The second kappa shape index (κ2) is 12.1. The summed E-state index contributed by atoms with van der Waals surface area (Å²) in [7, 11) is 0. The van der Waals surface area contributed by atoms with E-state index >= 15 is 0 Å². The third-order valence-corrected chi connectivity index (χ3v) is 12.0. The molecule has 1 aromatic rings. The minimum atomic E-state index is -1.91. The molecule has 45 heavy (non-hydrogen) atoms. The van der Waals surface area contributed by atoms with Gasteiger partial charge in [-0.2, -0.15) is 0 Å². The van der Waals surface area contributed by atoms with Gasteiger partial charge in [0.25, 0.3) is 0 Å². The van der Waals surface area contributed by atoms with Gasteiger partial charge in [0.1, 0.15) is 29.2 Å². The van der Waals surface area contributed by atoms with Gasteiger partial charge in [0.2, 0.25) is 0 Å². The van der Waals surface area contributed by atoms with E-state index in [0.717, 1.165) is 0 Å². The van der Waals surface area contributed by atoms with Gasteiger partial charge in [-0.25, -0.2) is 9.59 Å². The van der Waals surface area contributed by atoms with E-state index in [1.165, 1.54) is 0 Å². The number of carbonyl (C=O) groups excluding carboxylic acids is 3. The second-order valence-corrected chi connectivity index (χ2v) is 15.3. The number of fused-ring (bicyclic) bond motifs is 5. The van der Waals surface area contributed by atoms with Crippen molar-refractivity contribution in [2.45, 2.75) is 111 Å². The number of ketones is 1. The van der Waals surface area contributed by atoms with Crippen LogP contribution in [0.25, 0.3) is 0 Å². The third kappa shape index (κ3) is 5.24. The second-order valence-electron chi connectivity index (χ2n) is 15.3. The molecule has 10 heteroatoms. The Balaban J connectivity index is 0.00000461. The molecule has 3 fully saturated rings. The number of benzene rings is 1. The first-order chi connectivity index (χ1) is 20.3. The Morgan fingerprint density at radius 3 is 2.13 bits per heavy atom. The van der Waals surface area contributed by atoms with Crippen molar-refractivity contribution in [3.8, 4) is 0 Å². The number of ether oxygens (including phenoxy) is 3. The minimum Gasteiger partial charge on any atom is -0.456 e. The van der Waals surface area contributed by atoms with Gasteiger partial charge in [0.05, 0.1) is 18.3 Å². The van der Waals surface area contributed by atoms with Gasteiger partial charge in [-0.15, -0.1) is 0 Å². The van der Waals surface area contributed by atoms with Crippen LogP contribution in [0, 0.1) is 78.1 Å². The molecule has 4 aliphatic rings. The summed E-state index contributed by atoms with van der Waals surface area (Å²) in [6.07, 6.45) is -4.19. The van der Waals surface area contributed by atoms with E-state index in [9.17, 15) is 29.7 Å². The van der Waals surface area contributed by atoms with Gasteiger partial charge >= 0.3 is 11.9 Å². The van der Waals surface area contributed by atoms with Crippen LogP contribution in [0.4, 0.5) is 0 Å². The predicted molar refractivity (Wildman–Crippen MR) is 161 cm³/mol. The Morgan fingerprint density at radius 2 is 1.60 bits per heavy atom. The van der Waals surface area contributed by atoms with Crippen molar-refractivity contribution in [2.24, 2.45) is 34.0 Å². The Morgan fingerprint density at radius 1 is 1.00 bits per heavy atom. The number of Topliss-reactive ketones (excluding diaryl/α,β-unsaturated/α-hetero) is 1. The molecule has 1 saturated heterocycles. The van der Waals surface area contributed by atoms with Crippen LogP contribution >= 0.6 is 0 Å². The third-order valence-electron chi connectivity index (χ3n) is 12.0. The van der Waals surface area contributed by atoms with Gasteiger partial charge < -0.3 is 29.5 Å². The molecule has 1 aromatic carbocycles. The molecular formula is C35H48AcO9. The average Bonchev–Trinajstić information content (AvgIpc) is 2.95. The Hall–Kier alpha value is -1.15. The van der Waals surface area contributed by atoms with Crippen molar-refractivity contribution in [1.29, 1.82) is 0 Å². The quantitative estimate of drug-likeness (QED) is 0.297. The molecule has 5 rings (SSSR count). The van der Waals surface area contributed by atoms with Crippen molar-refractivity contribution in [1.82, 2.24) is 0 Å². The van der Waals surface area contributed by atoms with Crippen LogP contribution in [0.5, 0.6) is 0 Å². The summed E-state index contributed by atoms with van der Waals surface area (Å²) < 4.78 is 18.1. The number of esters is 2. The fraction of sp³-hybridized carbons (Fsp3) is 0.686. The van der Waals surface area contributed by atoms with Crippen molar-refractivity contribution < 1.29 is 88.0 Å². The topological polar surface area (TPSA) is 140 Å². The van der Waals surface area contributed by atoms with Gasteiger partial charge in [-0.1, -0.05) is 73.6 Å². The number of aliphatic hydroxyl groups is 3. The van der Waals surface area contributed by atoms with Gasteiger partial charge in [0.15, 0.2) is 6.10 Å². The van der Waals surface area contributed by atoms with E-state index < -0.39 is 81.6 Å². The molecule has 3 aliphatic carbocycles. The maximum Gasteiger partial charge on any atom is 0.338 e.